The Morgan fingerprint density at radius 1 is 1.11 bits per heavy atom. The fraction of sp³-hybridized carbons (Fsp3) is 0.652. The minimum Gasteiger partial charge on any atom is -0.486 e. The van der Waals surface area contributed by atoms with Crippen LogP contribution in [0.2, 0.25) is 0 Å². The summed E-state index contributed by atoms with van der Waals surface area (Å²) in [5, 5.41) is 14.7. The van der Waals surface area contributed by atoms with Crippen LogP contribution in [0.25, 0.3) is 0 Å². The summed E-state index contributed by atoms with van der Waals surface area (Å²) in [7, 11) is 0. The molecule has 1 aromatic rings. The number of rotatable bonds is 13. The van der Waals surface area contributed by atoms with Gasteiger partial charge in [0, 0.05) is 12.2 Å². The van der Waals surface area contributed by atoms with E-state index < -0.39 is 6.10 Å². The molecule has 5 nitrogen and oxygen atoms in total. The van der Waals surface area contributed by atoms with Gasteiger partial charge in [0.1, 0.15) is 19.3 Å². The summed E-state index contributed by atoms with van der Waals surface area (Å²) in [5.74, 6) is 1.46. The molecule has 2 N–H and O–H groups in total. The second-order valence-corrected chi connectivity index (χ2v) is 7.50. The van der Waals surface area contributed by atoms with Gasteiger partial charge in [0.2, 0.25) is 0 Å². The summed E-state index contributed by atoms with van der Waals surface area (Å²) in [6, 6.07) is 5.60. The Hall–Kier alpha value is -1.72. The number of nitrogens with one attached hydrogen (secondary N) is 1. The predicted molar refractivity (Wildman–Crippen MR) is 115 cm³/mol. The molecule has 2 atom stereocenters. The van der Waals surface area contributed by atoms with E-state index in [0.29, 0.717) is 19.0 Å². The first-order valence-electron chi connectivity index (χ1n) is 10.8. The van der Waals surface area contributed by atoms with Gasteiger partial charge in [-0.3, -0.25) is 0 Å². The fourth-order valence-corrected chi connectivity index (χ4v) is 3.56. The third-order valence-electron chi connectivity index (χ3n) is 5.36. The van der Waals surface area contributed by atoms with Crippen LogP contribution < -0.4 is 14.8 Å². The zero-order chi connectivity index (χ0) is 20.4. The van der Waals surface area contributed by atoms with Gasteiger partial charge in [-0.1, -0.05) is 52.7 Å². The quantitative estimate of drug-likeness (QED) is 0.493. The van der Waals surface area contributed by atoms with Crippen molar-refractivity contribution in [2.45, 2.75) is 65.0 Å². The van der Waals surface area contributed by atoms with Crippen LogP contribution in [-0.4, -0.2) is 48.9 Å². The largest absolute Gasteiger partial charge is 0.486 e. The molecular formula is C23H38N2O3. The van der Waals surface area contributed by atoms with E-state index in [1.807, 2.05) is 18.2 Å². The highest BCUT2D eigenvalue weighted by Crippen LogP contribution is 2.33. The van der Waals surface area contributed by atoms with E-state index in [0.717, 1.165) is 49.5 Å². The molecule has 1 aliphatic rings. The van der Waals surface area contributed by atoms with Crippen molar-refractivity contribution in [3.63, 3.8) is 0 Å². The highest BCUT2D eigenvalue weighted by molar-refractivity contribution is 5.44. The molecule has 0 radical (unpaired) electrons. The predicted octanol–water partition coefficient (Wildman–Crippen LogP) is 4.28. The number of nitrogens with zero attached hydrogens (tertiary/aromatic N) is 1. The van der Waals surface area contributed by atoms with Crippen molar-refractivity contribution < 1.29 is 14.6 Å². The van der Waals surface area contributed by atoms with Crippen LogP contribution in [0, 0.1) is 0 Å². The number of aliphatic hydroxyl groups is 1. The molecule has 0 aromatic heterocycles. The maximum absolute atomic E-state index is 11.2. The van der Waals surface area contributed by atoms with Crippen LogP contribution in [0.1, 0.15) is 64.5 Å². The first-order chi connectivity index (χ1) is 13.6. The topological polar surface area (TPSA) is 54.0 Å². The molecule has 0 unspecified atom stereocenters. The lowest BCUT2D eigenvalue weighted by atomic mass is 10.00. The lowest BCUT2D eigenvalue weighted by molar-refractivity contribution is 0.106. The second-order valence-electron chi connectivity index (χ2n) is 7.50. The van der Waals surface area contributed by atoms with Crippen molar-refractivity contribution in [2.24, 2.45) is 0 Å². The summed E-state index contributed by atoms with van der Waals surface area (Å²) in [4.78, 5) is 2.32. The Bertz CT molecular complexity index is 602. The van der Waals surface area contributed by atoms with Crippen LogP contribution in [-0.2, 0) is 0 Å². The van der Waals surface area contributed by atoms with Crippen molar-refractivity contribution in [1.82, 2.24) is 10.2 Å². The van der Waals surface area contributed by atoms with Crippen LogP contribution in [0.4, 0.5) is 0 Å². The summed E-state index contributed by atoms with van der Waals surface area (Å²) >= 11 is 0. The number of allylic oxidation sites excluding steroid dienone is 1. The Morgan fingerprint density at radius 3 is 2.50 bits per heavy atom. The van der Waals surface area contributed by atoms with E-state index in [-0.39, 0.29) is 6.04 Å². The van der Waals surface area contributed by atoms with E-state index in [9.17, 15) is 5.11 Å². The van der Waals surface area contributed by atoms with E-state index in [1.54, 1.807) is 0 Å². The standard InChI is InChI=1S/C23H38N2O3/c1-5-8-9-10-11-18(4)24-20(17-25(6-2)7-3)23(26)19-12-13-21-22(16-19)28-15-14-27-21/h12-13,16,20,23-24,26H,4-11,14-15,17H2,1-3H3/t20-,23-/m1/s1. The normalized spacial score (nSPS) is 15.3. The van der Waals surface area contributed by atoms with Crippen molar-refractivity contribution in [2.75, 3.05) is 32.8 Å². The maximum atomic E-state index is 11.2. The van der Waals surface area contributed by atoms with Crippen LogP contribution in [0.5, 0.6) is 11.5 Å². The van der Waals surface area contributed by atoms with Crippen molar-refractivity contribution in [3.05, 3.63) is 36.0 Å². The number of aliphatic hydroxyl groups excluding tert-OH is 1. The molecule has 0 saturated carbocycles. The number of benzene rings is 1. The fourth-order valence-electron chi connectivity index (χ4n) is 3.56. The monoisotopic (exact) mass is 390 g/mol. The van der Waals surface area contributed by atoms with E-state index in [2.05, 4.69) is 37.6 Å². The summed E-state index contributed by atoms with van der Waals surface area (Å²) in [6.45, 7) is 14.5. The van der Waals surface area contributed by atoms with Crippen molar-refractivity contribution in [1.29, 1.82) is 0 Å². The molecule has 158 valence electrons. The third-order valence-corrected chi connectivity index (χ3v) is 5.36. The van der Waals surface area contributed by atoms with Gasteiger partial charge < -0.3 is 24.8 Å². The summed E-state index contributed by atoms with van der Waals surface area (Å²) in [6.07, 6.45) is 5.15. The van der Waals surface area contributed by atoms with E-state index >= 15 is 0 Å². The average Bonchev–Trinajstić information content (AvgIpc) is 2.73. The van der Waals surface area contributed by atoms with Gasteiger partial charge in [-0.15, -0.1) is 0 Å². The van der Waals surface area contributed by atoms with Gasteiger partial charge in [-0.2, -0.15) is 0 Å². The molecule has 1 aliphatic heterocycles. The molecule has 0 spiro atoms. The smallest absolute Gasteiger partial charge is 0.161 e. The Balaban J connectivity index is 2.07. The molecule has 2 rings (SSSR count). The number of ether oxygens (including phenoxy) is 2. The first-order valence-corrected chi connectivity index (χ1v) is 10.8. The van der Waals surface area contributed by atoms with Crippen molar-refractivity contribution >= 4 is 0 Å². The molecule has 0 aliphatic carbocycles. The molecule has 0 fully saturated rings. The van der Waals surface area contributed by atoms with Gasteiger partial charge in [-0.25, -0.2) is 0 Å². The number of hydrogen-bond donors (Lipinski definition) is 2. The summed E-state index contributed by atoms with van der Waals surface area (Å²) in [5.41, 5.74) is 1.84. The van der Waals surface area contributed by atoms with Gasteiger partial charge in [0.25, 0.3) is 0 Å². The van der Waals surface area contributed by atoms with Gasteiger partial charge >= 0.3 is 0 Å². The molecule has 0 amide bonds. The Morgan fingerprint density at radius 2 is 1.82 bits per heavy atom. The zero-order valence-corrected chi connectivity index (χ0v) is 17.9. The van der Waals surface area contributed by atoms with E-state index in [4.69, 9.17) is 9.47 Å². The van der Waals surface area contributed by atoms with Crippen LogP contribution >= 0.6 is 0 Å². The molecule has 1 aromatic carbocycles. The highest BCUT2D eigenvalue weighted by atomic mass is 16.6. The number of likely N-dealkylation sites (N-methyl/N-ethyl adjacent to an activating group) is 1. The first kappa shape index (κ1) is 22.6. The molecular weight excluding hydrogens is 352 g/mol. The molecule has 0 bridgehead atoms. The Labute approximate surface area is 170 Å². The lowest BCUT2D eigenvalue weighted by Crippen LogP contribution is -2.44. The molecule has 0 saturated heterocycles. The van der Waals surface area contributed by atoms with E-state index in [1.165, 1.54) is 19.3 Å². The zero-order valence-electron chi connectivity index (χ0n) is 17.9. The molecule has 1 heterocycles. The second kappa shape index (κ2) is 12.0. The summed E-state index contributed by atoms with van der Waals surface area (Å²) < 4.78 is 11.3. The molecule has 5 heteroatoms. The maximum Gasteiger partial charge on any atom is 0.161 e. The van der Waals surface area contributed by atoms with Gasteiger partial charge in [0.15, 0.2) is 11.5 Å². The van der Waals surface area contributed by atoms with Crippen LogP contribution in [0.3, 0.4) is 0 Å². The van der Waals surface area contributed by atoms with Crippen molar-refractivity contribution in [3.8, 4) is 11.5 Å². The minimum atomic E-state index is -0.649. The van der Waals surface area contributed by atoms with Gasteiger partial charge in [0.05, 0.1) is 6.04 Å². The third kappa shape index (κ3) is 6.71. The number of hydrogen-bond acceptors (Lipinski definition) is 5. The van der Waals surface area contributed by atoms with Crippen LogP contribution in [0.15, 0.2) is 30.5 Å². The Kier molecular flexibility index (Phi) is 9.65. The highest BCUT2D eigenvalue weighted by Gasteiger charge is 2.25. The lowest BCUT2D eigenvalue weighted by Gasteiger charge is -2.31. The average molecular weight is 391 g/mol. The number of unbranched alkanes of at least 4 members (excludes halogenated alkanes) is 3. The van der Waals surface area contributed by atoms with Gasteiger partial charge in [-0.05, 0) is 43.6 Å². The number of fused-ring (bicyclic) bond motifs is 1. The SMILES string of the molecule is C=C(CCCCCC)N[C@H](CN(CC)CC)[C@H](O)c1ccc2c(c1)OCCO2. The minimum absolute atomic E-state index is 0.124. The molecule has 28 heavy (non-hydrogen) atoms.